The van der Waals surface area contributed by atoms with Gasteiger partial charge in [0.15, 0.2) is 0 Å². The number of unbranched alkanes of at least 4 members (excludes halogenated alkanes) is 4. The number of nitrogens with one attached hydrogen (secondary N) is 1. The topological polar surface area (TPSA) is 64.3 Å². The second-order valence-corrected chi connectivity index (χ2v) is 5.76. The average Bonchev–Trinajstić information content (AvgIpc) is 3.28. The SMILES string of the molecule is CCCCCCCOc1ccc(C(=O)NC2CC2)cc1N. The van der Waals surface area contributed by atoms with Gasteiger partial charge in [-0.3, -0.25) is 4.79 Å². The number of nitrogen functional groups attached to an aromatic ring is 1. The number of rotatable bonds is 9. The predicted molar refractivity (Wildman–Crippen MR) is 85.6 cm³/mol. The van der Waals surface area contributed by atoms with Gasteiger partial charge in [0, 0.05) is 11.6 Å². The highest BCUT2D eigenvalue weighted by Crippen LogP contribution is 2.24. The van der Waals surface area contributed by atoms with Gasteiger partial charge in [0.2, 0.25) is 0 Å². The molecule has 4 nitrogen and oxygen atoms in total. The molecule has 0 bridgehead atoms. The number of anilines is 1. The van der Waals surface area contributed by atoms with Crippen molar-refractivity contribution < 1.29 is 9.53 Å². The van der Waals surface area contributed by atoms with Crippen molar-refractivity contribution in [3.05, 3.63) is 23.8 Å². The van der Waals surface area contributed by atoms with E-state index in [-0.39, 0.29) is 5.91 Å². The lowest BCUT2D eigenvalue weighted by molar-refractivity contribution is 0.0951. The molecule has 0 unspecified atom stereocenters. The Morgan fingerprint density at radius 1 is 1.29 bits per heavy atom. The zero-order valence-corrected chi connectivity index (χ0v) is 12.9. The van der Waals surface area contributed by atoms with E-state index < -0.39 is 0 Å². The van der Waals surface area contributed by atoms with E-state index in [1.807, 2.05) is 0 Å². The lowest BCUT2D eigenvalue weighted by Crippen LogP contribution is -2.25. The standard InChI is InChI=1S/C17H26N2O2/c1-2-3-4-5-6-11-21-16-10-7-13(12-15(16)18)17(20)19-14-8-9-14/h7,10,12,14H,2-6,8-9,11,18H2,1H3,(H,19,20). The van der Waals surface area contributed by atoms with Crippen molar-refractivity contribution in [2.24, 2.45) is 0 Å². The number of benzene rings is 1. The fourth-order valence-electron chi connectivity index (χ4n) is 2.21. The van der Waals surface area contributed by atoms with Crippen LogP contribution in [0.1, 0.15) is 62.2 Å². The molecule has 1 aliphatic rings. The second-order valence-electron chi connectivity index (χ2n) is 5.76. The highest BCUT2D eigenvalue weighted by Gasteiger charge is 2.23. The molecule has 116 valence electrons. The fourth-order valence-corrected chi connectivity index (χ4v) is 2.21. The summed E-state index contributed by atoms with van der Waals surface area (Å²) in [6, 6.07) is 5.63. The first kappa shape index (κ1) is 15.7. The number of carbonyl (C=O) groups is 1. The molecule has 3 N–H and O–H groups in total. The van der Waals surface area contributed by atoms with Crippen LogP contribution in [0.25, 0.3) is 0 Å². The molecule has 0 heterocycles. The van der Waals surface area contributed by atoms with E-state index in [0.717, 1.165) is 19.3 Å². The minimum Gasteiger partial charge on any atom is -0.491 e. The Kier molecular flexibility index (Phi) is 5.90. The van der Waals surface area contributed by atoms with E-state index in [1.165, 1.54) is 25.7 Å². The summed E-state index contributed by atoms with van der Waals surface area (Å²) in [5.41, 5.74) is 7.10. The Bertz CT molecular complexity index is 470. The summed E-state index contributed by atoms with van der Waals surface area (Å²) in [6.45, 7) is 2.89. The molecule has 1 aromatic rings. The maximum atomic E-state index is 11.9. The third-order valence-electron chi connectivity index (χ3n) is 3.69. The zero-order valence-electron chi connectivity index (χ0n) is 12.9. The smallest absolute Gasteiger partial charge is 0.251 e. The Morgan fingerprint density at radius 2 is 2.05 bits per heavy atom. The first-order chi connectivity index (χ1) is 10.2. The molecule has 0 aliphatic heterocycles. The van der Waals surface area contributed by atoms with Crippen molar-refractivity contribution in [2.75, 3.05) is 12.3 Å². The normalized spacial score (nSPS) is 14.0. The molecule has 0 spiro atoms. The van der Waals surface area contributed by atoms with Crippen LogP contribution < -0.4 is 15.8 Å². The van der Waals surface area contributed by atoms with E-state index in [2.05, 4.69) is 12.2 Å². The highest BCUT2D eigenvalue weighted by atomic mass is 16.5. The summed E-state index contributed by atoms with van der Waals surface area (Å²) in [4.78, 5) is 11.9. The highest BCUT2D eigenvalue weighted by molar-refractivity contribution is 5.95. The molecule has 2 rings (SSSR count). The first-order valence-electron chi connectivity index (χ1n) is 8.04. The number of ether oxygens (including phenoxy) is 1. The molecule has 0 atom stereocenters. The molecule has 0 saturated heterocycles. The van der Waals surface area contributed by atoms with Gasteiger partial charge in [-0.2, -0.15) is 0 Å². The molecule has 0 aromatic heterocycles. The van der Waals surface area contributed by atoms with E-state index in [4.69, 9.17) is 10.5 Å². The van der Waals surface area contributed by atoms with E-state index in [1.54, 1.807) is 18.2 Å². The zero-order chi connectivity index (χ0) is 15.1. The summed E-state index contributed by atoms with van der Waals surface area (Å²) in [5, 5.41) is 2.95. The molecular formula is C17H26N2O2. The third-order valence-corrected chi connectivity index (χ3v) is 3.69. The van der Waals surface area contributed by atoms with E-state index in [9.17, 15) is 4.79 Å². The molecular weight excluding hydrogens is 264 g/mol. The number of nitrogens with two attached hydrogens (primary N) is 1. The van der Waals surface area contributed by atoms with Crippen LogP contribution in [0.4, 0.5) is 5.69 Å². The summed E-state index contributed by atoms with van der Waals surface area (Å²) in [5.74, 6) is 0.628. The van der Waals surface area contributed by atoms with Crippen molar-refractivity contribution in [1.29, 1.82) is 0 Å². The third kappa shape index (κ3) is 5.29. The minimum atomic E-state index is -0.0460. The first-order valence-corrected chi connectivity index (χ1v) is 8.04. The van der Waals surface area contributed by atoms with Gasteiger partial charge in [-0.05, 0) is 37.5 Å². The van der Waals surface area contributed by atoms with Crippen molar-refractivity contribution in [1.82, 2.24) is 5.32 Å². The quantitative estimate of drug-likeness (QED) is 0.540. The maximum absolute atomic E-state index is 11.9. The van der Waals surface area contributed by atoms with Crippen LogP contribution in [0.5, 0.6) is 5.75 Å². The minimum absolute atomic E-state index is 0.0460. The summed E-state index contributed by atoms with van der Waals surface area (Å²) in [7, 11) is 0. The second kappa shape index (κ2) is 7.91. The summed E-state index contributed by atoms with van der Waals surface area (Å²) < 4.78 is 5.69. The van der Waals surface area contributed by atoms with Crippen LogP contribution in [0, 0.1) is 0 Å². The van der Waals surface area contributed by atoms with Crippen LogP contribution in [0.2, 0.25) is 0 Å². The largest absolute Gasteiger partial charge is 0.491 e. The predicted octanol–water partition coefficient (Wildman–Crippen LogP) is 3.51. The lowest BCUT2D eigenvalue weighted by atomic mass is 10.1. The van der Waals surface area contributed by atoms with Gasteiger partial charge >= 0.3 is 0 Å². The van der Waals surface area contributed by atoms with Crippen LogP contribution >= 0.6 is 0 Å². The molecule has 0 radical (unpaired) electrons. The summed E-state index contributed by atoms with van der Waals surface area (Å²) in [6.07, 6.45) is 8.20. The lowest BCUT2D eigenvalue weighted by Gasteiger charge is -2.10. The van der Waals surface area contributed by atoms with Crippen LogP contribution in [-0.2, 0) is 0 Å². The molecule has 1 fully saturated rings. The maximum Gasteiger partial charge on any atom is 0.251 e. The van der Waals surface area contributed by atoms with Crippen molar-refractivity contribution in [2.45, 2.75) is 57.9 Å². The van der Waals surface area contributed by atoms with Crippen molar-refractivity contribution in [3.63, 3.8) is 0 Å². The van der Waals surface area contributed by atoms with Gasteiger partial charge in [-0.25, -0.2) is 0 Å². The Labute approximate surface area is 127 Å². The van der Waals surface area contributed by atoms with Gasteiger partial charge in [-0.1, -0.05) is 32.6 Å². The number of amides is 1. The average molecular weight is 290 g/mol. The number of hydrogen-bond acceptors (Lipinski definition) is 3. The molecule has 1 saturated carbocycles. The molecule has 4 heteroatoms. The summed E-state index contributed by atoms with van der Waals surface area (Å²) >= 11 is 0. The molecule has 21 heavy (non-hydrogen) atoms. The van der Waals surface area contributed by atoms with Crippen molar-refractivity contribution in [3.8, 4) is 5.75 Å². The van der Waals surface area contributed by atoms with Gasteiger partial charge in [0.25, 0.3) is 5.91 Å². The monoisotopic (exact) mass is 290 g/mol. The van der Waals surface area contributed by atoms with E-state index in [0.29, 0.717) is 29.6 Å². The van der Waals surface area contributed by atoms with Crippen LogP contribution in [0.15, 0.2) is 18.2 Å². The number of hydrogen-bond donors (Lipinski definition) is 2. The van der Waals surface area contributed by atoms with Gasteiger partial charge in [0.05, 0.1) is 12.3 Å². The van der Waals surface area contributed by atoms with Gasteiger partial charge < -0.3 is 15.8 Å². The van der Waals surface area contributed by atoms with Crippen molar-refractivity contribution >= 4 is 11.6 Å². The van der Waals surface area contributed by atoms with Crippen LogP contribution in [-0.4, -0.2) is 18.6 Å². The Balaban J connectivity index is 1.77. The molecule has 1 aliphatic carbocycles. The van der Waals surface area contributed by atoms with Crippen LogP contribution in [0.3, 0.4) is 0 Å². The van der Waals surface area contributed by atoms with E-state index >= 15 is 0 Å². The van der Waals surface area contributed by atoms with Gasteiger partial charge in [0.1, 0.15) is 5.75 Å². The Hall–Kier alpha value is -1.71. The fraction of sp³-hybridized carbons (Fsp3) is 0.588. The Morgan fingerprint density at radius 3 is 2.71 bits per heavy atom. The molecule has 1 amide bonds. The number of carbonyl (C=O) groups excluding carboxylic acids is 1. The van der Waals surface area contributed by atoms with Gasteiger partial charge in [-0.15, -0.1) is 0 Å². The molecule has 1 aromatic carbocycles.